The molecule has 0 aromatic carbocycles. The number of hydrogen-bond donors (Lipinski definition) is 1. The largest absolute Gasteiger partial charge is 0.756 e. The first-order valence-electron chi connectivity index (χ1n) is 28.2. The van der Waals surface area contributed by atoms with Gasteiger partial charge in [0.15, 0.2) is 0 Å². The van der Waals surface area contributed by atoms with Crippen LogP contribution in [0.4, 0.5) is 0 Å². The number of quaternary nitrogens is 1. The number of likely N-dealkylation sites (N-methyl/N-ethyl adjacent to an activating group) is 1. The summed E-state index contributed by atoms with van der Waals surface area (Å²) in [6.45, 7) is 6.73. The molecule has 3 atom stereocenters. The SMILES string of the molecule is CCCCC/C=C\C/C=C\C/C=C\CCCCCCC(=O)OC(/C=C/CCCCCCCCCCCCC)C(COP(=O)([O-])OCC[N+](C)(C)C)NC(=O)CC/C=C/C/C=C\CCCCCCCC. The zero-order valence-electron chi connectivity index (χ0n) is 45.5. The van der Waals surface area contributed by atoms with Gasteiger partial charge in [-0.25, -0.2) is 0 Å². The zero-order valence-corrected chi connectivity index (χ0v) is 46.4. The molecule has 0 aromatic rings. The average molecular weight is 987 g/mol. The normalized spacial score (nSPS) is 14.4. The quantitative estimate of drug-likeness (QED) is 0.0212. The molecule has 0 aliphatic heterocycles. The van der Waals surface area contributed by atoms with Crippen LogP contribution in [0.1, 0.15) is 239 Å². The van der Waals surface area contributed by atoms with Crippen LogP contribution in [0.5, 0.6) is 0 Å². The van der Waals surface area contributed by atoms with Gasteiger partial charge in [-0.2, -0.15) is 0 Å². The second-order valence-corrected chi connectivity index (χ2v) is 21.5. The zero-order chi connectivity index (χ0) is 50.8. The molecule has 400 valence electrons. The Balaban J connectivity index is 5.50. The van der Waals surface area contributed by atoms with Crippen molar-refractivity contribution in [3.63, 3.8) is 0 Å². The lowest BCUT2D eigenvalue weighted by Crippen LogP contribution is -2.47. The smallest absolute Gasteiger partial charge is 0.306 e. The Morgan fingerprint density at radius 3 is 1.38 bits per heavy atom. The van der Waals surface area contributed by atoms with Crippen molar-refractivity contribution in [2.24, 2.45) is 0 Å². The number of carbonyl (C=O) groups excluding carboxylic acids is 2. The van der Waals surface area contributed by atoms with Gasteiger partial charge in [0.05, 0.1) is 33.8 Å². The van der Waals surface area contributed by atoms with Crippen molar-refractivity contribution >= 4 is 19.7 Å². The Labute approximate surface area is 425 Å². The summed E-state index contributed by atoms with van der Waals surface area (Å²) in [7, 11) is 1.13. The number of carbonyl (C=O) groups is 2. The number of rotatable bonds is 50. The van der Waals surface area contributed by atoms with Gasteiger partial charge in [0.25, 0.3) is 7.82 Å². The van der Waals surface area contributed by atoms with Gasteiger partial charge >= 0.3 is 5.97 Å². The second kappa shape index (κ2) is 49.0. The molecule has 0 aliphatic carbocycles. The second-order valence-electron chi connectivity index (χ2n) is 20.1. The van der Waals surface area contributed by atoms with Crippen LogP contribution in [-0.2, 0) is 27.9 Å². The van der Waals surface area contributed by atoms with Crippen LogP contribution >= 0.6 is 7.82 Å². The van der Waals surface area contributed by atoms with Crippen LogP contribution < -0.4 is 10.2 Å². The molecule has 0 heterocycles. The van der Waals surface area contributed by atoms with Crippen LogP contribution in [0.3, 0.4) is 0 Å². The summed E-state index contributed by atoms with van der Waals surface area (Å²) in [5, 5.41) is 2.97. The van der Waals surface area contributed by atoms with Crippen molar-refractivity contribution in [1.82, 2.24) is 5.32 Å². The van der Waals surface area contributed by atoms with E-state index in [4.69, 9.17) is 13.8 Å². The summed E-state index contributed by atoms with van der Waals surface area (Å²) in [6, 6.07) is -0.929. The molecule has 0 aromatic heterocycles. The number of esters is 1. The van der Waals surface area contributed by atoms with E-state index in [0.29, 0.717) is 23.9 Å². The molecule has 0 spiro atoms. The van der Waals surface area contributed by atoms with Crippen LogP contribution in [0, 0.1) is 0 Å². The minimum absolute atomic E-state index is 0.0376. The molecule has 1 amide bonds. The van der Waals surface area contributed by atoms with Crippen molar-refractivity contribution in [3.05, 3.63) is 72.9 Å². The predicted molar refractivity (Wildman–Crippen MR) is 293 cm³/mol. The van der Waals surface area contributed by atoms with Gasteiger partial charge in [-0.15, -0.1) is 0 Å². The summed E-state index contributed by atoms with van der Waals surface area (Å²) in [5.41, 5.74) is 0. The van der Waals surface area contributed by atoms with E-state index < -0.39 is 26.6 Å². The molecule has 10 heteroatoms. The first kappa shape index (κ1) is 66.5. The van der Waals surface area contributed by atoms with Gasteiger partial charge in [-0.05, 0) is 89.5 Å². The van der Waals surface area contributed by atoms with E-state index in [1.165, 1.54) is 122 Å². The molecular weight excluding hydrogens is 880 g/mol. The lowest BCUT2D eigenvalue weighted by atomic mass is 10.0. The number of nitrogens with one attached hydrogen (secondary N) is 1. The van der Waals surface area contributed by atoms with Crippen molar-refractivity contribution in [1.29, 1.82) is 0 Å². The molecule has 0 saturated carbocycles. The van der Waals surface area contributed by atoms with Crippen LogP contribution in [0.2, 0.25) is 0 Å². The summed E-state index contributed by atoms with van der Waals surface area (Å²) >= 11 is 0. The van der Waals surface area contributed by atoms with E-state index >= 15 is 0 Å². The fraction of sp³-hybridized carbons (Fsp3) is 0.763. The van der Waals surface area contributed by atoms with E-state index in [1.807, 2.05) is 33.3 Å². The highest BCUT2D eigenvalue weighted by Crippen LogP contribution is 2.38. The Bertz CT molecular complexity index is 1420. The highest BCUT2D eigenvalue weighted by molar-refractivity contribution is 7.45. The van der Waals surface area contributed by atoms with Gasteiger partial charge in [0.2, 0.25) is 5.91 Å². The summed E-state index contributed by atoms with van der Waals surface area (Å²) in [6.07, 6.45) is 61.7. The minimum atomic E-state index is -4.71. The van der Waals surface area contributed by atoms with Crippen molar-refractivity contribution in [2.75, 3.05) is 40.9 Å². The van der Waals surface area contributed by atoms with Crippen molar-refractivity contribution < 1.29 is 37.3 Å². The lowest BCUT2D eigenvalue weighted by molar-refractivity contribution is -0.870. The molecule has 0 rings (SSSR count). The third-order valence-electron chi connectivity index (χ3n) is 12.1. The van der Waals surface area contributed by atoms with Crippen LogP contribution in [0.25, 0.3) is 0 Å². The van der Waals surface area contributed by atoms with Gasteiger partial charge in [-0.3, -0.25) is 14.2 Å². The van der Waals surface area contributed by atoms with Crippen molar-refractivity contribution in [3.8, 4) is 0 Å². The van der Waals surface area contributed by atoms with Crippen LogP contribution in [-0.4, -0.2) is 69.4 Å². The van der Waals surface area contributed by atoms with Gasteiger partial charge in [0, 0.05) is 12.8 Å². The maximum Gasteiger partial charge on any atom is 0.306 e. The number of phosphoric ester groups is 1. The number of phosphoric acid groups is 1. The van der Waals surface area contributed by atoms with Gasteiger partial charge in [-0.1, -0.05) is 210 Å². The van der Waals surface area contributed by atoms with E-state index in [1.54, 1.807) is 6.08 Å². The third-order valence-corrected chi connectivity index (χ3v) is 13.1. The Morgan fingerprint density at radius 1 is 0.507 bits per heavy atom. The van der Waals surface area contributed by atoms with Crippen molar-refractivity contribution in [2.45, 2.75) is 251 Å². The Morgan fingerprint density at radius 2 is 0.899 bits per heavy atom. The summed E-state index contributed by atoms with van der Waals surface area (Å²) in [5.74, 6) is -0.646. The summed E-state index contributed by atoms with van der Waals surface area (Å²) in [4.78, 5) is 39.8. The number of hydrogen-bond acceptors (Lipinski definition) is 7. The molecule has 0 radical (unpaired) electrons. The maximum atomic E-state index is 13.4. The number of allylic oxidation sites excluding steroid dienone is 11. The van der Waals surface area contributed by atoms with E-state index in [-0.39, 0.29) is 31.3 Å². The number of nitrogens with zero attached hydrogens (tertiary/aromatic N) is 1. The highest BCUT2D eigenvalue weighted by Gasteiger charge is 2.27. The monoisotopic (exact) mass is 987 g/mol. The van der Waals surface area contributed by atoms with E-state index in [0.717, 1.165) is 70.6 Å². The Hall–Kier alpha value is -2.55. The lowest BCUT2D eigenvalue weighted by Gasteiger charge is -2.30. The number of ether oxygens (including phenoxy) is 1. The molecule has 0 bridgehead atoms. The molecule has 0 saturated heterocycles. The molecule has 0 fully saturated rings. The highest BCUT2D eigenvalue weighted by atomic mass is 31.2. The summed E-state index contributed by atoms with van der Waals surface area (Å²) < 4.78 is 30.1. The van der Waals surface area contributed by atoms with Gasteiger partial charge < -0.3 is 28.5 Å². The molecule has 69 heavy (non-hydrogen) atoms. The fourth-order valence-corrected chi connectivity index (χ4v) is 8.42. The number of unbranched alkanes of at least 4 members (excludes halogenated alkanes) is 24. The van der Waals surface area contributed by atoms with E-state index in [9.17, 15) is 19.0 Å². The fourth-order valence-electron chi connectivity index (χ4n) is 7.69. The van der Waals surface area contributed by atoms with Crippen LogP contribution in [0.15, 0.2) is 72.9 Å². The predicted octanol–water partition coefficient (Wildman–Crippen LogP) is 16.3. The standard InChI is InChI=1S/C59H107N2O7P/c1-7-10-13-16-19-22-25-28-29-30-31-34-37-40-43-46-49-52-59(63)68-57(50-47-44-41-38-35-32-26-23-20-17-14-11-8-2)56(55-67-69(64,65)66-54-53-61(4,5)6)60-58(62)51-48-45-42-39-36-33-27-24-21-18-15-12-9-3/h19,22,28-29,31,33-34,36,42,45,47,50,56-57H,7-18,20-21,23-27,30,32,35,37-41,43-44,46,48-49,51-55H2,1-6H3,(H-,60,62,64,65)/b22-19-,29-28-,34-31-,36-33-,45-42+,50-47+. The average Bonchev–Trinajstić information content (AvgIpc) is 3.31. The minimum Gasteiger partial charge on any atom is -0.756 e. The molecule has 1 N–H and O–H groups in total. The first-order chi connectivity index (χ1) is 33.4. The molecule has 3 unspecified atom stereocenters. The number of amides is 1. The molecule has 9 nitrogen and oxygen atoms in total. The third kappa shape index (κ3) is 50.2. The first-order valence-corrected chi connectivity index (χ1v) is 29.7. The topological polar surface area (TPSA) is 114 Å². The Kier molecular flexibility index (Phi) is 47.2. The maximum absolute atomic E-state index is 13.4. The van der Waals surface area contributed by atoms with E-state index in [2.05, 4.69) is 80.8 Å². The molecular formula is C59H107N2O7P. The van der Waals surface area contributed by atoms with Gasteiger partial charge in [0.1, 0.15) is 19.3 Å². The molecule has 0 aliphatic rings.